The minimum Gasteiger partial charge on any atom is -0.337 e. The van der Waals surface area contributed by atoms with Gasteiger partial charge in [0.05, 0.1) is 17.1 Å². The van der Waals surface area contributed by atoms with Crippen molar-refractivity contribution in [1.82, 2.24) is 15.0 Å². The first kappa shape index (κ1) is 30.0. The van der Waals surface area contributed by atoms with Crippen molar-refractivity contribution in [2.75, 3.05) is 18.8 Å². The Bertz CT molecular complexity index is 1600. The Morgan fingerprint density at radius 3 is 2.48 bits per heavy atom. The maximum Gasteiger partial charge on any atom is 0.264 e. The molecule has 1 aliphatic carbocycles. The summed E-state index contributed by atoms with van der Waals surface area (Å²) in [4.78, 5) is 22.8. The molecular formula is C32H41N5O4S. The maximum absolute atomic E-state index is 13.7. The standard InChI is InChI=1S/C32H41N5O4S/c1-6-7-14-29-33-32(17-10-11-18-32)31(38)37(29)20-24-15-16-26(25(19-24)21-36(4)5)27-12-8-9-13-28(27)42(39,40)35-30-22(2)23(3)34-41-30/h8-9,12-13,15-16,19,35H,6-7,10-11,14,17-18,20-21H2,1-5H3. The van der Waals surface area contributed by atoms with E-state index >= 15 is 0 Å². The molecule has 0 saturated heterocycles. The fourth-order valence-corrected chi connectivity index (χ4v) is 7.24. The van der Waals surface area contributed by atoms with E-state index < -0.39 is 15.6 Å². The summed E-state index contributed by atoms with van der Waals surface area (Å²) < 4.78 is 35.0. The van der Waals surface area contributed by atoms with E-state index in [9.17, 15) is 13.2 Å². The number of anilines is 1. The van der Waals surface area contributed by atoms with Crippen molar-refractivity contribution in [3.8, 4) is 11.1 Å². The third kappa shape index (κ3) is 5.87. The van der Waals surface area contributed by atoms with Crippen LogP contribution in [-0.2, 0) is 27.9 Å². The van der Waals surface area contributed by atoms with Crippen LogP contribution in [-0.4, -0.2) is 54.8 Å². The van der Waals surface area contributed by atoms with Gasteiger partial charge in [0.2, 0.25) is 5.88 Å². The number of aromatic nitrogens is 1. The molecule has 3 aromatic rings. The molecule has 1 aliphatic heterocycles. The minimum atomic E-state index is -3.98. The number of sulfonamides is 1. The number of aryl methyl sites for hydroxylation is 1. The summed E-state index contributed by atoms with van der Waals surface area (Å²) in [5, 5.41) is 3.88. The minimum absolute atomic E-state index is 0.113. The summed E-state index contributed by atoms with van der Waals surface area (Å²) in [6.07, 6.45) is 6.58. The van der Waals surface area contributed by atoms with Gasteiger partial charge in [-0.25, -0.2) is 13.1 Å². The second-order valence-corrected chi connectivity index (χ2v) is 13.5. The van der Waals surface area contributed by atoms with Crippen LogP contribution in [0.4, 0.5) is 5.88 Å². The molecule has 5 rings (SSSR count). The Balaban J connectivity index is 1.50. The lowest BCUT2D eigenvalue weighted by Gasteiger charge is -2.24. The highest BCUT2D eigenvalue weighted by Crippen LogP contribution is 2.40. The Morgan fingerprint density at radius 2 is 1.81 bits per heavy atom. The van der Waals surface area contributed by atoms with Gasteiger partial charge in [0.25, 0.3) is 15.9 Å². The lowest BCUT2D eigenvalue weighted by Crippen LogP contribution is -2.40. The number of rotatable bonds is 11. The lowest BCUT2D eigenvalue weighted by molar-refractivity contribution is -0.131. The molecule has 224 valence electrons. The Morgan fingerprint density at radius 1 is 1.07 bits per heavy atom. The highest BCUT2D eigenvalue weighted by atomic mass is 32.2. The Labute approximate surface area is 249 Å². The van der Waals surface area contributed by atoms with Crippen LogP contribution >= 0.6 is 0 Å². The average Bonchev–Trinajstić information content (AvgIpc) is 3.63. The molecule has 2 aromatic carbocycles. The zero-order valence-electron chi connectivity index (χ0n) is 25.2. The largest absolute Gasteiger partial charge is 0.337 e. The van der Waals surface area contributed by atoms with Crippen molar-refractivity contribution >= 4 is 27.7 Å². The predicted octanol–water partition coefficient (Wildman–Crippen LogP) is 6.06. The van der Waals surface area contributed by atoms with Gasteiger partial charge >= 0.3 is 0 Å². The fraction of sp³-hybridized carbons (Fsp3) is 0.469. The first-order valence-electron chi connectivity index (χ1n) is 14.8. The Hall–Kier alpha value is -3.50. The summed E-state index contributed by atoms with van der Waals surface area (Å²) in [5.41, 5.74) is 4.08. The van der Waals surface area contributed by atoms with Gasteiger partial charge in [-0.1, -0.05) is 67.7 Å². The molecule has 2 heterocycles. The number of hydrogen-bond donors (Lipinski definition) is 1. The number of amidine groups is 1. The number of nitrogens with one attached hydrogen (secondary N) is 1. The average molecular weight is 592 g/mol. The second kappa shape index (κ2) is 12.0. The summed E-state index contributed by atoms with van der Waals surface area (Å²) in [7, 11) is -0.00737. The third-order valence-corrected chi connectivity index (χ3v) is 9.72. The van der Waals surface area contributed by atoms with E-state index in [4.69, 9.17) is 9.52 Å². The van der Waals surface area contributed by atoms with Crippen molar-refractivity contribution in [3.63, 3.8) is 0 Å². The molecular weight excluding hydrogens is 550 g/mol. The molecule has 0 atom stereocenters. The van der Waals surface area contributed by atoms with Crippen molar-refractivity contribution < 1.29 is 17.7 Å². The van der Waals surface area contributed by atoms with Gasteiger partial charge < -0.3 is 9.42 Å². The molecule has 2 aliphatic rings. The number of amides is 1. The fourth-order valence-electron chi connectivity index (χ4n) is 5.97. The van der Waals surface area contributed by atoms with Crippen LogP contribution in [0.2, 0.25) is 0 Å². The molecule has 0 bridgehead atoms. The van der Waals surface area contributed by atoms with Gasteiger partial charge in [-0.3, -0.25) is 14.7 Å². The highest BCUT2D eigenvalue weighted by Gasteiger charge is 2.49. The molecule has 1 amide bonds. The van der Waals surface area contributed by atoms with E-state index in [2.05, 4.69) is 27.8 Å². The molecule has 1 aromatic heterocycles. The summed E-state index contributed by atoms with van der Waals surface area (Å²) in [5.74, 6) is 1.15. The van der Waals surface area contributed by atoms with Gasteiger partial charge in [-0.2, -0.15) is 0 Å². The number of carbonyl (C=O) groups excluding carboxylic acids is 1. The second-order valence-electron chi connectivity index (χ2n) is 11.8. The number of aliphatic imine (C=N–C) groups is 1. The monoisotopic (exact) mass is 591 g/mol. The highest BCUT2D eigenvalue weighted by molar-refractivity contribution is 7.92. The van der Waals surface area contributed by atoms with Crippen LogP contribution in [0.1, 0.15) is 74.3 Å². The lowest BCUT2D eigenvalue weighted by atomic mass is 9.96. The SMILES string of the molecule is CCCCC1=NC2(CCCC2)C(=O)N1Cc1ccc(-c2ccccc2S(=O)(=O)Nc2onc(C)c2C)c(CN(C)C)c1. The van der Waals surface area contributed by atoms with E-state index in [1.54, 1.807) is 26.0 Å². The van der Waals surface area contributed by atoms with Gasteiger partial charge in [0.1, 0.15) is 11.4 Å². The molecule has 0 radical (unpaired) electrons. The third-order valence-electron chi connectivity index (χ3n) is 8.33. The molecule has 1 fully saturated rings. The number of benzene rings is 2. The summed E-state index contributed by atoms with van der Waals surface area (Å²) in [6.45, 7) is 6.74. The van der Waals surface area contributed by atoms with E-state index in [1.165, 1.54) is 0 Å². The van der Waals surface area contributed by atoms with Crippen molar-refractivity contribution in [2.24, 2.45) is 4.99 Å². The zero-order valence-corrected chi connectivity index (χ0v) is 26.1. The molecule has 10 heteroatoms. The normalized spacial score (nSPS) is 16.6. The van der Waals surface area contributed by atoms with Crippen LogP contribution in [0, 0.1) is 13.8 Å². The van der Waals surface area contributed by atoms with E-state index in [0.29, 0.717) is 29.9 Å². The van der Waals surface area contributed by atoms with Gasteiger partial charge in [-0.05, 0) is 70.0 Å². The number of nitrogens with zero attached hydrogens (tertiary/aromatic N) is 4. The van der Waals surface area contributed by atoms with Crippen LogP contribution < -0.4 is 4.72 Å². The number of unbranched alkanes of at least 4 members (excludes halogenated alkanes) is 1. The van der Waals surface area contributed by atoms with E-state index in [-0.39, 0.29) is 16.7 Å². The predicted molar refractivity (Wildman–Crippen MR) is 165 cm³/mol. The molecule has 1 saturated carbocycles. The van der Waals surface area contributed by atoms with Crippen molar-refractivity contribution in [3.05, 3.63) is 64.8 Å². The smallest absolute Gasteiger partial charge is 0.264 e. The van der Waals surface area contributed by atoms with Gasteiger partial charge in [0.15, 0.2) is 0 Å². The molecule has 0 unspecified atom stereocenters. The molecule has 9 nitrogen and oxygen atoms in total. The Kier molecular flexibility index (Phi) is 8.57. The number of hydrogen-bond acceptors (Lipinski definition) is 7. The van der Waals surface area contributed by atoms with E-state index in [1.807, 2.05) is 43.3 Å². The van der Waals surface area contributed by atoms with E-state index in [0.717, 1.165) is 67.5 Å². The first-order valence-corrected chi connectivity index (χ1v) is 16.3. The number of carbonyl (C=O) groups is 1. The van der Waals surface area contributed by atoms with Crippen molar-refractivity contribution in [1.29, 1.82) is 0 Å². The van der Waals surface area contributed by atoms with Crippen LogP contribution in [0.15, 0.2) is 56.9 Å². The van der Waals surface area contributed by atoms with Crippen LogP contribution in [0.5, 0.6) is 0 Å². The quantitative estimate of drug-likeness (QED) is 0.290. The van der Waals surface area contributed by atoms with Crippen LogP contribution in [0.3, 0.4) is 0 Å². The maximum atomic E-state index is 13.7. The van der Waals surface area contributed by atoms with Gasteiger partial charge in [0, 0.05) is 24.1 Å². The topological polar surface area (TPSA) is 108 Å². The zero-order chi connectivity index (χ0) is 30.1. The molecule has 1 N–H and O–H groups in total. The summed E-state index contributed by atoms with van der Waals surface area (Å²) in [6, 6.07) is 13.0. The summed E-state index contributed by atoms with van der Waals surface area (Å²) >= 11 is 0. The molecule has 1 spiro atoms. The van der Waals surface area contributed by atoms with Gasteiger partial charge in [-0.15, -0.1) is 0 Å². The molecule has 42 heavy (non-hydrogen) atoms. The van der Waals surface area contributed by atoms with Crippen LogP contribution in [0.25, 0.3) is 11.1 Å². The van der Waals surface area contributed by atoms with Crippen molar-refractivity contribution in [2.45, 2.75) is 89.2 Å². The first-order chi connectivity index (χ1) is 20.0.